The van der Waals surface area contributed by atoms with Crippen molar-refractivity contribution in [2.45, 2.75) is 27.2 Å². The minimum absolute atomic E-state index is 0.115. The van der Waals surface area contributed by atoms with Crippen molar-refractivity contribution in [1.29, 1.82) is 0 Å². The maximum atomic E-state index is 11.9. The van der Waals surface area contributed by atoms with Crippen molar-refractivity contribution >= 4 is 23.2 Å². The number of hydrogen-bond acceptors (Lipinski definition) is 2. The lowest BCUT2D eigenvalue weighted by Gasteiger charge is -2.11. The number of rotatable bonds is 5. The van der Waals surface area contributed by atoms with Crippen LogP contribution in [0.25, 0.3) is 0 Å². The summed E-state index contributed by atoms with van der Waals surface area (Å²) >= 11 is 6.10. The van der Waals surface area contributed by atoms with E-state index in [0.29, 0.717) is 17.3 Å². The van der Waals surface area contributed by atoms with Gasteiger partial charge in [0.1, 0.15) is 5.75 Å². The van der Waals surface area contributed by atoms with Crippen LogP contribution in [0, 0.1) is 20.8 Å². The molecule has 2 rings (SSSR count). The molecule has 0 aliphatic rings. The van der Waals surface area contributed by atoms with Gasteiger partial charge in [0.2, 0.25) is 5.91 Å². The SMILES string of the molecule is Cc1ccc(NC(=O)CCOc2cc(C)ccc2C)c(Cl)c1. The zero-order valence-corrected chi connectivity index (χ0v) is 13.8. The highest BCUT2D eigenvalue weighted by Crippen LogP contribution is 2.23. The Morgan fingerprint density at radius 1 is 1.09 bits per heavy atom. The molecule has 22 heavy (non-hydrogen) atoms. The summed E-state index contributed by atoms with van der Waals surface area (Å²) in [5.74, 6) is 0.706. The van der Waals surface area contributed by atoms with Gasteiger partial charge in [-0.15, -0.1) is 0 Å². The van der Waals surface area contributed by atoms with Crippen LogP contribution in [0.2, 0.25) is 5.02 Å². The zero-order chi connectivity index (χ0) is 16.1. The number of nitrogens with one attached hydrogen (secondary N) is 1. The van der Waals surface area contributed by atoms with Gasteiger partial charge >= 0.3 is 0 Å². The summed E-state index contributed by atoms with van der Waals surface area (Å²) in [5, 5.41) is 3.34. The van der Waals surface area contributed by atoms with E-state index in [0.717, 1.165) is 22.4 Å². The molecule has 0 aliphatic heterocycles. The van der Waals surface area contributed by atoms with Crippen molar-refractivity contribution in [2.75, 3.05) is 11.9 Å². The smallest absolute Gasteiger partial charge is 0.227 e. The maximum Gasteiger partial charge on any atom is 0.227 e. The molecule has 1 N–H and O–H groups in total. The van der Waals surface area contributed by atoms with Crippen molar-refractivity contribution in [3.63, 3.8) is 0 Å². The minimum Gasteiger partial charge on any atom is -0.493 e. The van der Waals surface area contributed by atoms with Crippen LogP contribution in [0.3, 0.4) is 0 Å². The van der Waals surface area contributed by atoms with E-state index in [1.165, 1.54) is 0 Å². The third-order valence-corrected chi connectivity index (χ3v) is 3.64. The summed E-state index contributed by atoms with van der Waals surface area (Å²) in [6.45, 7) is 6.29. The first-order valence-electron chi connectivity index (χ1n) is 7.22. The average molecular weight is 318 g/mol. The van der Waals surface area contributed by atoms with Crippen LogP contribution in [0.1, 0.15) is 23.1 Å². The molecule has 0 saturated heterocycles. The number of anilines is 1. The van der Waals surface area contributed by atoms with Gasteiger partial charge < -0.3 is 10.1 Å². The Bertz CT molecular complexity index is 683. The molecule has 0 atom stereocenters. The lowest BCUT2D eigenvalue weighted by atomic mass is 10.1. The number of halogens is 1. The molecule has 0 spiro atoms. The van der Waals surface area contributed by atoms with Crippen LogP contribution in [-0.4, -0.2) is 12.5 Å². The first-order chi connectivity index (χ1) is 10.5. The predicted octanol–water partition coefficient (Wildman–Crippen LogP) is 4.67. The molecular formula is C18H20ClNO2. The van der Waals surface area contributed by atoms with E-state index in [1.54, 1.807) is 6.07 Å². The Morgan fingerprint density at radius 2 is 1.77 bits per heavy atom. The predicted molar refractivity (Wildman–Crippen MR) is 90.8 cm³/mol. The number of carbonyl (C=O) groups excluding carboxylic acids is 1. The Morgan fingerprint density at radius 3 is 2.50 bits per heavy atom. The molecule has 3 nitrogen and oxygen atoms in total. The number of hydrogen-bond donors (Lipinski definition) is 1. The monoisotopic (exact) mass is 317 g/mol. The van der Waals surface area contributed by atoms with Crippen LogP contribution in [0.15, 0.2) is 36.4 Å². The zero-order valence-electron chi connectivity index (χ0n) is 13.1. The largest absolute Gasteiger partial charge is 0.493 e. The summed E-state index contributed by atoms with van der Waals surface area (Å²) in [5.41, 5.74) is 3.88. The number of amides is 1. The topological polar surface area (TPSA) is 38.3 Å². The normalized spacial score (nSPS) is 10.4. The quantitative estimate of drug-likeness (QED) is 0.870. The van der Waals surface area contributed by atoms with Crippen molar-refractivity contribution in [1.82, 2.24) is 0 Å². The fraction of sp³-hybridized carbons (Fsp3) is 0.278. The second-order valence-electron chi connectivity index (χ2n) is 5.40. The Kier molecular flexibility index (Phi) is 5.45. The van der Waals surface area contributed by atoms with E-state index in [2.05, 4.69) is 5.32 Å². The highest BCUT2D eigenvalue weighted by atomic mass is 35.5. The summed E-state index contributed by atoms with van der Waals surface area (Å²) in [4.78, 5) is 11.9. The second-order valence-corrected chi connectivity index (χ2v) is 5.81. The number of benzene rings is 2. The van der Waals surface area contributed by atoms with Crippen molar-refractivity contribution in [3.8, 4) is 5.75 Å². The van der Waals surface area contributed by atoms with Crippen LogP contribution in [-0.2, 0) is 4.79 Å². The molecule has 0 aromatic heterocycles. The molecule has 0 aliphatic carbocycles. The molecule has 0 fully saturated rings. The van der Waals surface area contributed by atoms with Gasteiger partial charge in [0.15, 0.2) is 0 Å². The van der Waals surface area contributed by atoms with E-state index in [9.17, 15) is 4.79 Å². The molecule has 1 amide bonds. The van der Waals surface area contributed by atoms with Gasteiger partial charge in [-0.05, 0) is 55.7 Å². The molecule has 4 heteroatoms. The standard InChI is InChI=1S/C18H20ClNO2/c1-12-5-7-16(15(19)10-12)20-18(21)8-9-22-17-11-13(2)4-6-14(17)3/h4-7,10-11H,8-9H2,1-3H3,(H,20,21). The van der Waals surface area contributed by atoms with E-state index in [1.807, 2.05) is 51.1 Å². The molecule has 0 radical (unpaired) electrons. The van der Waals surface area contributed by atoms with E-state index in [-0.39, 0.29) is 12.3 Å². The molecule has 0 heterocycles. The van der Waals surface area contributed by atoms with Gasteiger partial charge in [-0.25, -0.2) is 0 Å². The molecule has 2 aromatic rings. The van der Waals surface area contributed by atoms with E-state index >= 15 is 0 Å². The first kappa shape index (κ1) is 16.4. The highest BCUT2D eigenvalue weighted by Gasteiger charge is 2.07. The van der Waals surface area contributed by atoms with Gasteiger partial charge in [0.25, 0.3) is 0 Å². The van der Waals surface area contributed by atoms with Gasteiger partial charge in [-0.1, -0.05) is 29.8 Å². The van der Waals surface area contributed by atoms with Crippen LogP contribution in [0.4, 0.5) is 5.69 Å². The molecule has 2 aromatic carbocycles. The number of ether oxygens (including phenoxy) is 1. The summed E-state index contributed by atoms with van der Waals surface area (Å²) in [6, 6.07) is 11.6. The first-order valence-corrected chi connectivity index (χ1v) is 7.59. The van der Waals surface area contributed by atoms with Crippen molar-refractivity contribution in [3.05, 3.63) is 58.1 Å². The van der Waals surface area contributed by atoms with E-state index in [4.69, 9.17) is 16.3 Å². The number of aryl methyl sites for hydroxylation is 3. The Balaban J connectivity index is 1.86. The number of carbonyl (C=O) groups is 1. The summed E-state index contributed by atoms with van der Waals surface area (Å²) in [6.07, 6.45) is 0.275. The van der Waals surface area contributed by atoms with Crippen LogP contribution >= 0.6 is 11.6 Å². The molecule has 0 unspecified atom stereocenters. The van der Waals surface area contributed by atoms with Gasteiger partial charge in [0.05, 0.1) is 23.7 Å². The molecule has 116 valence electrons. The van der Waals surface area contributed by atoms with Crippen LogP contribution in [0.5, 0.6) is 5.75 Å². The third-order valence-electron chi connectivity index (χ3n) is 3.33. The molecule has 0 bridgehead atoms. The molecule has 0 saturated carbocycles. The minimum atomic E-state index is -0.115. The Hall–Kier alpha value is -2.00. The second kappa shape index (κ2) is 7.32. The van der Waals surface area contributed by atoms with Crippen molar-refractivity contribution < 1.29 is 9.53 Å². The van der Waals surface area contributed by atoms with Gasteiger partial charge in [-0.3, -0.25) is 4.79 Å². The van der Waals surface area contributed by atoms with Gasteiger partial charge in [0, 0.05) is 0 Å². The Labute approximate surface area is 136 Å². The third kappa shape index (κ3) is 4.50. The fourth-order valence-corrected chi connectivity index (χ4v) is 2.33. The summed E-state index contributed by atoms with van der Waals surface area (Å²) in [7, 11) is 0. The maximum absolute atomic E-state index is 11.9. The lowest BCUT2D eigenvalue weighted by molar-refractivity contribution is -0.116. The van der Waals surface area contributed by atoms with E-state index < -0.39 is 0 Å². The highest BCUT2D eigenvalue weighted by molar-refractivity contribution is 6.33. The van der Waals surface area contributed by atoms with Crippen molar-refractivity contribution in [2.24, 2.45) is 0 Å². The summed E-state index contributed by atoms with van der Waals surface area (Å²) < 4.78 is 5.68. The van der Waals surface area contributed by atoms with Gasteiger partial charge in [-0.2, -0.15) is 0 Å². The lowest BCUT2D eigenvalue weighted by Crippen LogP contribution is -2.15. The fourth-order valence-electron chi connectivity index (χ4n) is 2.05. The van der Waals surface area contributed by atoms with Crippen LogP contribution < -0.4 is 10.1 Å². The average Bonchev–Trinajstić information content (AvgIpc) is 2.46. The molecular weight excluding hydrogens is 298 g/mol.